The molecule has 1 aromatic carbocycles. The first-order chi connectivity index (χ1) is 12.3. The molecule has 1 heterocycles. The van der Waals surface area contributed by atoms with Crippen LogP contribution >= 0.6 is 0 Å². The summed E-state index contributed by atoms with van der Waals surface area (Å²) in [4.78, 5) is 22.5. The standard InChI is InChI=1S/C19H28N2O5/c1-11-12(2)17(10-24-14(4)22)26-19(13(11)3)25-16-7-5-6-15(8-16)21-18(23)9-20/h5-8,11-13,17,19H,9-10,20H2,1-4H3,(H,21,23). The highest BCUT2D eigenvalue weighted by atomic mass is 16.7. The molecule has 7 nitrogen and oxygen atoms in total. The fourth-order valence-corrected chi connectivity index (χ4v) is 3.00. The Bertz CT molecular complexity index is 636. The minimum Gasteiger partial charge on any atom is -0.465 e. The highest BCUT2D eigenvalue weighted by Crippen LogP contribution is 2.36. The summed E-state index contributed by atoms with van der Waals surface area (Å²) < 4.78 is 17.2. The van der Waals surface area contributed by atoms with E-state index in [0.29, 0.717) is 17.4 Å². The van der Waals surface area contributed by atoms with E-state index < -0.39 is 6.29 Å². The summed E-state index contributed by atoms with van der Waals surface area (Å²) in [6.45, 7) is 7.82. The average molecular weight is 364 g/mol. The molecule has 0 aliphatic carbocycles. The minimum atomic E-state index is -0.470. The zero-order valence-corrected chi connectivity index (χ0v) is 15.7. The SMILES string of the molecule is CC(=O)OCC1OC(Oc2cccc(NC(=O)CN)c2)C(C)C(C)C1C. The Morgan fingerprint density at radius 2 is 1.92 bits per heavy atom. The summed E-state index contributed by atoms with van der Waals surface area (Å²) >= 11 is 0. The lowest BCUT2D eigenvalue weighted by molar-refractivity contribution is -0.223. The molecule has 144 valence electrons. The molecule has 0 bridgehead atoms. The number of carbonyl (C=O) groups excluding carboxylic acids is 2. The Labute approximate surface area is 154 Å². The van der Waals surface area contributed by atoms with Gasteiger partial charge < -0.3 is 25.3 Å². The van der Waals surface area contributed by atoms with E-state index in [-0.39, 0.29) is 43.0 Å². The van der Waals surface area contributed by atoms with Crippen molar-refractivity contribution in [2.75, 3.05) is 18.5 Å². The number of hydrogen-bond donors (Lipinski definition) is 2. The molecule has 7 heteroatoms. The van der Waals surface area contributed by atoms with E-state index >= 15 is 0 Å². The van der Waals surface area contributed by atoms with Crippen LogP contribution in [-0.2, 0) is 19.1 Å². The smallest absolute Gasteiger partial charge is 0.302 e. The first-order valence-corrected chi connectivity index (χ1v) is 8.87. The van der Waals surface area contributed by atoms with Crippen molar-refractivity contribution in [3.8, 4) is 5.75 Å². The second kappa shape index (κ2) is 9.00. The number of hydrogen-bond acceptors (Lipinski definition) is 6. The maximum atomic E-state index is 11.4. The quantitative estimate of drug-likeness (QED) is 0.751. The summed E-state index contributed by atoms with van der Waals surface area (Å²) in [6, 6.07) is 7.09. The van der Waals surface area contributed by atoms with Gasteiger partial charge in [0, 0.05) is 24.6 Å². The van der Waals surface area contributed by atoms with Gasteiger partial charge in [0.05, 0.1) is 12.6 Å². The summed E-state index contributed by atoms with van der Waals surface area (Å²) in [5.41, 5.74) is 5.93. The Balaban J connectivity index is 2.07. The Hall–Kier alpha value is -2.12. The van der Waals surface area contributed by atoms with Gasteiger partial charge in [-0.15, -0.1) is 0 Å². The van der Waals surface area contributed by atoms with Crippen molar-refractivity contribution in [1.29, 1.82) is 0 Å². The third kappa shape index (κ3) is 5.19. The predicted molar refractivity (Wildman–Crippen MR) is 97.5 cm³/mol. The fraction of sp³-hybridized carbons (Fsp3) is 0.579. The van der Waals surface area contributed by atoms with Gasteiger partial charge in [0.25, 0.3) is 0 Å². The van der Waals surface area contributed by atoms with Gasteiger partial charge in [-0.25, -0.2) is 0 Å². The summed E-state index contributed by atoms with van der Waals surface area (Å²) in [6.07, 6.45) is -0.697. The maximum absolute atomic E-state index is 11.4. The second-order valence-electron chi connectivity index (χ2n) is 6.82. The lowest BCUT2D eigenvalue weighted by Crippen LogP contribution is -2.49. The van der Waals surface area contributed by atoms with Gasteiger partial charge in [-0.3, -0.25) is 9.59 Å². The van der Waals surface area contributed by atoms with Crippen molar-refractivity contribution >= 4 is 17.6 Å². The molecule has 1 fully saturated rings. The first kappa shape index (κ1) is 20.2. The summed E-state index contributed by atoms with van der Waals surface area (Å²) in [7, 11) is 0. The van der Waals surface area contributed by atoms with Crippen molar-refractivity contribution in [2.45, 2.75) is 40.1 Å². The molecular weight excluding hydrogens is 336 g/mol. The second-order valence-corrected chi connectivity index (χ2v) is 6.82. The number of nitrogens with one attached hydrogen (secondary N) is 1. The first-order valence-electron chi connectivity index (χ1n) is 8.87. The van der Waals surface area contributed by atoms with Crippen molar-refractivity contribution in [3.05, 3.63) is 24.3 Å². The van der Waals surface area contributed by atoms with E-state index in [1.807, 2.05) is 0 Å². The molecule has 1 saturated heterocycles. The highest BCUT2D eigenvalue weighted by Gasteiger charge is 2.40. The molecular formula is C19H28N2O5. The predicted octanol–water partition coefficient (Wildman–Crippen LogP) is 2.16. The zero-order valence-electron chi connectivity index (χ0n) is 15.7. The number of amides is 1. The topological polar surface area (TPSA) is 99.9 Å². The number of rotatable bonds is 6. The van der Waals surface area contributed by atoms with Crippen LogP contribution < -0.4 is 15.8 Å². The molecule has 3 N–H and O–H groups in total. The van der Waals surface area contributed by atoms with Crippen LogP contribution in [0.3, 0.4) is 0 Å². The van der Waals surface area contributed by atoms with Crippen molar-refractivity contribution in [3.63, 3.8) is 0 Å². The Kier molecular flexibility index (Phi) is 6.99. The largest absolute Gasteiger partial charge is 0.465 e. The molecule has 0 aromatic heterocycles. The molecule has 1 aliphatic rings. The third-order valence-corrected chi connectivity index (χ3v) is 4.99. The van der Waals surface area contributed by atoms with Crippen LogP contribution in [-0.4, -0.2) is 37.4 Å². The maximum Gasteiger partial charge on any atom is 0.302 e. The van der Waals surface area contributed by atoms with Crippen molar-refractivity contribution < 1.29 is 23.8 Å². The highest BCUT2D eigenvalue weighted by molar-refractivity contribution is 5.92. The van der Waals surface area contributed by atoms with E-state index in [1.54, 1.807) is 24.3 Å². The molecule has 5 unspecified atom stereocenters. The van der Waals surface area contributed by atoms with Crippen LogP contribution in [0.1, 0.15) is 27.7 Å². The Morgan fingerprint density at radius 1 is 1.19 bits per heavy atom. The number of anilines is 1. The van der Waals surface area contributed by atoms with E-state index in [9.17, 15) is 9.59 Å². The molecule has 0 spiro atoms. The van der Waals surface area contributed by atoms with Crippen molar-refractivity contribution in [1.82, 2.24) is 0 Å². The minimum absolute atomic E-state index is 0.0823. The zero-order chi connectivity index (χ0) is 19.3. The van der Waals surface area contributed by atoms with Gasteiger partial charge in [-0.1, -0.05) is 26.8 Å². The average Bonchev–Trinajstić information content (AvgIpc) is 2.61. The molecule has 26 heavy (non-hydrogen) atoms. The van der Waals surface area contributed by atoms with Crippen LogP contribution in [0.5, 0.6) is 5.75 Å². The normalized spacial score (nSPS) is 28.3. The van der Waals surface area contributed by atoms with Crippen LogP contribution in [0.4, 0.5) is 5.69 Å². The molecule has 0 saturated carbocycles. The van der Waals surface area contributed by atoms with Crippen LogP contribution in [0.2, 0.25) is 0 Å². The van der Waals surface area contributed by atoms with Gasteiger partial charge in [-0.2, -0.15) is 0 Å². The lowest BCUT2D eigenvalue weighted by atomic mass is 9.79. The lowest BCUT2D eigenvalue weighted by Gasteiger charge is -2.43. The number of benzene rings is 1. The summed E-state index contributed by atoms with van der Waals surface area (Å²) in [5.74, 6) is 0.709. The molecule has 1 amide bonds. The summed E-state index contributed by atoms with van der Waals surface area (Å²) in [5, 5.41) is 2.70. The Morgan fingerprint density at radius 3 is 2.58 bits per heavy atom. The molecule has 5 atom stereocenters. The van der Waals surface area contributed by atoms with Crippen LogP contribution in [0.25, 0.3) is 0 Å². The number of esters is 1. The van der Waals surface area contributed by atoms with E-state index in [1.165, 1.54) is 6.92 Å². The third-order valence-electron chi connectivity index (χ3n) is 4.99. The van der Waals surface area contributed by atoms with Gasteiger partial charge in [0.15, 0.2) is 0 Å². The number of nitrogens with two attached hydrogens (primary N) is 1. The van der Waals surface area contributed by atoms with Crippen LogP contribution in [0, 0.1) is 17.8 Å². The van der Waals surface area contributed by atoms with E-state index in [0.717, 1.165) is 0 Å². The molecule has 1 aromatic rings. The van der Waals surface area contributed by atoms with E-state index in [4.69, 9.17) is 19.9 Å². The van der Waals surface area contributed by atoms with Crippen LogP contribution in [0.15, 0.2) is 24.3 Å². The van der Waals surface area contributed by atoms with E-state index in [2.05, 4.69) is 26.1 Å². The number of ether oxygens (including phenoxy) is 3. The fourth-order valence-electron chi connectivity index (χ4n) is 3.00. The van der Waals surface area contributed by atoms with Gasteiger partial charge >= 0.3 is 5.97 Å². The number of carbonyl (C=O) groups is 2. The van der Waals surface area contributed by atoms with Gasteiger partial charge in [-0.05, 0) is 24.0 Å². The molecule has 1 aliphatic heterocycles. The van der Waals surface area contributed by atoms with Crippen molar-refractivity contribution in [2.24, 2.45) is 23.5 Å². The monoisotopic (exact) mass is 364 g/mol. The molecule has 0 radical (unpaired) electrons. The molecule has 2 rings (SSSR count). The van der Waals surface area contributed by atoms with Gasteiger partial charge in [0.2, 0.25) is 12.2 Å². The van der Waals surface area contributed by atoms with Gasteiger partial charge in [0.1, 0.15) is 12.4 Å².